The number of nitrogens with zero attached hydrogens (tertiary/aromatic N) is 18. The number of benzene rings is 9. The lowest BCUT2D eigenvalue weighted by atomic mass is 10.1. The zero-order valence-electron chi connectivity index (χ0n) is 70.2. The highest BCUT2D eigenvalue weighted by Gasteiger charge is 2.43. The molecule has 19 nitrogen and oxygen atoms in total. The monoisotopic (exact) mass is 1620 g/mol. The number of hydrogen-bond acceptors (Lipinski definition) is 7. The molecule has 0 radical (unpaired) electrons. The molecule has 5 aliphatic rings. The van der Waals surface area contributed by atoms with Gasteiger partial charge in [0.15, 0.2) is 22.1 Å². The minimum Gasteiger partial charge on any atom is -0.419 e. The minimum absolute atomic E-state index is 0.641. The van der Waals surface area contributed by atoms with E-state index in [1.807, 2.05) is 123 Å². The van der Waals surface area contributed by atoms with E-state index in [-0.39, 0.29) is 0 Å². The molecule has 29 rings (SSSR count). The first-order valence-electron chi connectivity index (χ1n) is 42.9. The predicted octanol–water partition coefficient (Wildman–Crippen LogP) is 18.7. The Morgan fingerprint density at radius 3 is 1.14 bits per heavy atom. The van der Waals surface area contributed by atoms with E-state index >= 15 is 0 Å². The van der Waals surface area contributed by atoms with E-state index in [1.165, 1.54) is 148 Å². The summed E-state index contributed by atoms with van der Waals surface area (Å²) < 4.78 is 61.1. The van der Waals surface area contributed by atoms with Crippen molar-refractivity contribution in [3.8, 4) is 79.7 Å². The third-order valence-corrected chi connectivity index (χ3v) is 26.6. The Bertz CT molecular complexity index is 8410. The maximum absolute atomic E-state index is 8.05. The maximum atomic E-state index is 8.05. The lowest BCUT2D eigenvalue weighted by Gasteiger charge is -2.05. The van der Waals surface area contributed by atoms with E-state index in [1.54, 1.807) is 6.20 Å². The van der Waals surface area contributed by atoms with Crippen LogP contribution in [0.3, 0.4) is 0 Å². The van der Waals surface area contributed by atoms with Gasteiger partial charge < -0.3 is 4.42 Å². The first-order chi connectivity index (χ1) is 62.0. The number of para-hydroxylation sites is 8. The van der Waals surface area contributed by atoms with Gasteiger partial charge in [-0.15, -0.1) is 0 Å². The molecular weight excluding hydrogens is 1540 g/mol. The molecule has 0 saturated carbocycles. The van der Waals surface area contributed by atoms with E-state index < -0.39 is 6.98 Å². The molecule has 0 N–H and O–H groups in total. The average molecular weight is 1620 g/mol. The molecule has 5 aliphatic heterocycles. The summed E-state index contributed by atoms with van der Waals surface area (Å²) in [5, 5.41) is 5.99. The first kappa shape index (κ1) is 67.1. The van der Waals surface area contributed by atoms with E-state index in [0.29, 0.717) is 6.54 Å². The zero-order valence-corrected chi connectivity index (χ0v) is 68.0. The van der Waals surface area contributed by atoms with Gasteiger partial charge in [0.25, 0.3) is 28.6 Å². The summed E-state index contributed by atoms with van der Waals surface area (Å²) in [6.45, 7) is 1.80. The van der Waals surface area contributed by atoms with Crippen LogP contribution < -0.4 is 22.8 Å². The second-order valence-corrected chi connectivity index (χ2v) is 33.0. The molecule has 20 heterocycles. The average Bonchev–Trinajstić information content (AvgIpc) is 1.52. The molecule has 24 aromatic rings. The molecule has 586 valence electrons. The van der Waals surface area contributed by atoms with Crippen LogP contribution in [0.2, 0.25) is 0 Å². The number of aryl methyl sites for hydroxylation is 4. The molecule has 0 aliphatic carbocycles. The second-order valence-electron chi connectivity index (χ2n) is 32.0. The molecule has 15 aromatic heterocycles. The zero-order chi connectivity index (χ0) is 83.9. The van der Waals surface area contributed by atoms with Crippen molar-refractivity contribution in [3.05, 3.63) is 363 Å². The standard InChI is InChI=1S/C27H19N4.C21H14N3O.C21H14N3S.2C17H15N4/c1-3-9-20(10-4-1)30-24-14-8-7-13-23(24)25-27(30)29-18-19-17-28-16-15-22(19)26(29)31(25)21-11-5-2-6-12-21;2*1-2-6-15(7-3-1)24-19-17-8-4-5-9-18(17)25-21(19)23-13-14-12-22-11-10-16(14)20(23)24;2*1-19-14-6-4-3-5-13(14)15-17(19)21-10-11-9-18-8-7-12(11)16(21)20(15)2/h1-17H,18H2;2*1-12H,13H2;2*3-9H,10H2,1-2H3/q5*+1/i;;;1D3;. The van der Waals surface area contributed by atoms with Gasteiger partial charge in [0.2, 0.25) is 27.8 Å². The largest absolute Gasteiger partial charge is 0.419 e. The Kier molecular flexibility index (Phi) is 14.9. The van der Waals surface area contributed by atoms with Crippen LogP contribution in [-0.4, -0.2) is 61.5 Å². The fourth-order valence-corrected chi connectivity index (χ4v) is 21.5. The highest BCUT2D eigenvalue weighted by Crippen LogP contribution is 2.45. The highest BCUT2D eigenvalue weighted by atomic mass is 32.1. The van der Waals surface area contributed by atoms with Crippen LogP contribution in [0.5, 0.6) is 0 Å². The summed E-state index contributed by atoms with van der Waals surface area (Å²) in [5.74, 6) is 5.93. The summed E-state index contributed by atoms with van der Waals surface area (Å²) in [4.78, 5) is 22.8. The number of fused-ring (bicyclic) bond motifs is 35. The normalized spacial score (nSPS) is 13.2. The summed E-state index contributed by atoms with van der Waals surface area (Å²) in [6, 6.07) is 94.9. The number of hydrogen-bond donors (Lipinski definition) is 0. The van der Waals surface area contributed by atoms with Crippen LogP contribution in [0.15, 0.2) is 339 Å². The van der Waals surface area contributed by atoms with Gasteiger partial charge in [0.1, 0.15) is 58.0 Å². The Balaban J connectivity index is 0.0000000863. The summed E-state index contributed by atoms with van der Waals surface area (Å²) in [5.41, 5.74) is 31.3. The Morgan fingerprint density at radius 1 is 0.293 bits per heavy atom. The number of imidazole rings is 5. The molecule has 0 spiro atoms. The smallest absolute Gasteiger partial charge is 0.340 e. The van der Waals surface area contributed by atoms with Crippen LogP contribution in [0, 0.1) is 0 Å². The highest BCUT2D eigenvalue weighted by molar-refractivity contribution is 7.25. The van der Waals surface area contributed by atoms with Crippen molar-refractivity contribution in [2.45, 2.75) is 32.7 Å². The first-order valence-corrected chi connectivity index (χ1v) is 42.2. The molecular formula is C103H77N18OS+5. The van der Waals surface area contributed by atoms with Crippen LogP contribution >= 0.6 is 11.3 Å². The quantitative estimate of drug-likeness (QED) is 0.161. The molecule has 0 fully saturated rings. The number of aromatic nitrogens is 18. The van der Waals surface area contributed by atoms with Gasteiger partial charge in [-0.25, -0.2) is 27.4 Å². The van der Waals surface area contributed by atoms with Gasteiger partial charge >= 0.3 is 5.71 Å². The molecule has 123 heavy (non-hydrogen) atoms. The number of rotatable bonds is 4. The predicted molar refractivity (Wildman–Crippen MR) is 483 cm³/mol. The van der Waals surface area contributed by atoms with E-state index in [0.717, 1.165) is 98.9 Å². The van der Waals surface area contributed by atoms with Crippen LogP contribution in [-0.2, 0) is 60.8 Å². The Hall–Kier alpha value is -15.8. The van der Waals surface area contributed by atoms with Gasteiger partial charge in [-0.2, -0.15) is 13.7 Å². The van der Waals surface area contributed by atoms with Crippen molar-refractivity contribution in [2.75, 3.05) is 0 Å². The minimum atomic E-state index is -2.24. The fourth-order valence-electron chi connectivity index (χ4n) is 20.3. The van der Waals surface area contributed by atoms with Crippen molar-refractivity contribution < 1.29 is 31.4 Å². The molecule has 20 heteroatoms. The van der Waals surface area contributed by atoms with Crippen LogP contribution in [0.4, 0.5) is 0 Å². The molecule has 0 amide bonds. The number of furan rings is 1. The molecule has 0 bridgehead atoms. The van der Waals surface area contributed by atoms with Crippen LogP contribution in [0.25, 0.3) is 189 Å². The van der Waals surface area contributed by atoms with Crippen molar-refractivity contribution in [1.29, 1.82) is 0 Å². The SMILES string of the molecule is Cn1c2[n+](c3c1c1ccccc1n3C)Cc1cnccc1-2.[2H]C([2H])([2H])n1c2ccccc2c2c1[n+]1c(n2C)-c2ccncc2C1.c1ccc(-n2c3[n+](c4c2c2ccccc2n4-c2ccccc2)Cc2cnccc2-3)cc1.c1ccc(-n2c3[n+](c4oc5ccccc5c42)Cc2cnccc2-3)cc1.c1ccc(-n2c3[n+](c4sc5ccccc5c42)Cc2cnccc2-3)cc1. The van der Waals surface area contributed by atoms with Gasteiger partial charge in [0, 0.05) is 99.9 Å². The number of thiophene rings is 1. The molecule has 0 unspecified atom stereocenters. The van der Waals surface area contributed by atoms with Gasteiger partial charge in [-0.3, -0.25) is 43.2 Å². The third kappa shape index (κ3) is 10.3. The van der Waals surface area contributed by atoms with E-state index in [9.17, 15) is 0 Å². The van der Waals surface area contributed by atoms with Crippen molar-refractivity contribution in [1.82, 2.24) is 61.5 Å². The molecule has 0 atom stereocenters. The molecule has 9 aromatic carbocycles. The second kappa shape index (κ2) is 27.4. The van der Waals surface area contributed by atoms with Crippen LogP contribution in [0.1, 0.15) is 31.9 Å². The van der Waals surface area contributed by atoms with Gasteiger partial charge in [0.05, 0.1) is 101 Å². The van der Waals surface area contributed by atoms with E-state index in [2.05, 4.69) is 318 Å². The van der Waals surface area contributed by atoms with Gasteiger partial charge in [-0.1, -0.05) is 145 Å². The van der Waals surface area contributed by atoms with Crippen molar-refractivity contribution in [2.24, 2.45) is 28.1 Å². The van der Waals surface area contributed by atoms with Crippen molar-refractivity contribution >= 4 is 120 Å². The lowest BCUT2D eigenvalue weighted by molar-refractivity contribution is -0.652. The lowest BCUT2D eigenvalue weighted by Crippen LogP contribution is -2.33. The fraction of sp³-hybridized carbons (Fsp3) is 0.0874. The Morgan fingerprint density at radius 2 is 0.642 bits per heavy atom. The molecule has 0 saturated heterocycles. The van der Waals surface area contributed by atoms with Gasteiger partial charge in [-0.05, 0) is 140 Å². The number of pyridine rings is 5. The van der Waals surface area contributed by atoms with E-state index in [4.69, 9.17) is 8.53 Å². The topological polar surface area (TPSA) is 136 Å². The maximum Gasteiger partial charge on any atom is 0.340 e. The Labute approximate surface area is 712 Å². The summed E-state index contributed by atoms with van der Waals surface area (Å²) >= 11 is 1.87. The van der Waals surface area contributed by atoms with Crippen molar-refractivity contribution in [3.63, 3.8) is 0 Å². The summed E-state index contributed by atoms with van der Waals surface area (Å²) in [7, 11) is 6.31. The summed E-state index contributed by atoms with van der Waals surface area (Å²) in [6.07, 6.45) is 19.1. The third-order valence-electron chi connectivity index (χ3n) is 25.4.